The highest BCUT2D eigenvalue weighted by atomic mass is 19.1. The van der Waals surface area contributed by atoms with E-state index in [0.29, 0.717) is 12.2 Å². The average molecular weight is 268 g/mol. The Hall–Kier alpha value is -1.00. The third kappa shape index (κ3) is 4.25. The molecular formula is C15H25FN2O. The number of pyridine rings is 1. The first-order valence-electron chi connectivity index (χ1n) is 6.86. The predicted octanol–water partition coefficient (Wildman–Crippen LogP) is 3.32. The summed E-state index contributed by atoms with van der Waals surface area (Å²) in [6.45, 7) is 11.7. The molecule has 19 heavy (non-hydrogen) atoms. The van der Waals surface area contributed by atoms with Crippen LogP contribution in [0.1, 0.15) is 46.2 Å². The van der Waals surface area contributed by atoms with Gasteiger partial charge in [-0.3, -0.25) is 4.98 Å². The van der Waals surface area contributed by atoms with Crippen molar-refractivity contribution in [2.24, 2.45) is 5.41 Å². The first kappa shape index (κ1) is 16.1. The van der Waals surface area contributed by atoms with E-state index in [2.05, 4.69) is 31.1 Å². The number of nitrogens with one attached hydrogen (secondary N) is 1. The summed E-state index contributed by atoms with van der Waals surface area (Å²) >= 11 is 0. The molecule has 0 aromatic carbocycles. The van der Waals surface area contributed by atoms with Crippen LogP contribution >= 0.6 is 0 Å². The molecule has 1 aromatic heterocycles. The van der Waals surface area contributed by atoms with Gasteiger partial charge in [0.1, 0.15) is 5.82 Å². The third-order valence-corrected chi connectivity index (χ3v) is 3.07. The highest BCUT2D eigenvalue weighted by Crippen LogP contribution is 2.33. The van der Waals surface area contributed by atoms with E-state index in [4.69, 9.17) is 4.74 Å². The topological polar surface area (TPSA) is 34.2 Å². The lowest BCUT2D eigenvalue weighted by molar-refractivity contribution is -0.0369. The monoisotopic (exact) mass is 268 g/mol. The maximum atomic E-state index is 14.0. The summed E-state index contributed by atoms with van der Waals surface area (Å²) in [4.78, 5) is 3.81. The lowest BCUT2D eigenvalue weighted by Gasteiger charge is -2.37. The molecule has 1 heterocycles. The molecule has 108 valence electrons. The summed E-state index contributed by atoms with van der Waals surface area (Å²) in [5.74, 6) is -0.289. The van der Waals surface area contributed by atoms with E-state index in [1.54, 1.807) is 12.3 Å². The highest BCUT2D eigenvalue weighted by molar-refractivity contribution is 5.20. The van der Waals surface area contributed by atoms with E-state index < -0.39 is 0 Å². The fourth-order valence-electron chi connectivity index (χ4n) is 2.26. The van der Waals surface area contributed by atoms with Crippen LogP contribution in [-0.4, -0.2) is 24.2 Å². The summed E-state index contributed by atoms with van der Waals surface area (Å²) in [5.41, 5.74) is 0.531. The molecule has 0 aliphatic heterocycles. The Morgan fingerprint density at radius 2 is 2.05 bits per heavy atom. The highest BCUT2D eigenvalue weighted by Gasteiger charge is 2.34. The number of ether oxygens (including phenoxy) is 1. The Morgan fingerprint density at radius 1 is 1.37 bits per heavy atom. The Bertz CT molecular complexity index is 390. The molecule has 0 radical (unpaired) electrons. The van der Waals surface area contributed by atoms with Crippen LogP contribution in [0.5, 0.6) is 0 Å². The van der Waals surface area contributed by atoms with Gasteiger partial charge >= 0.3 is 0 Å². The maximum Gasteiger partial charge on any atom is 0.146 e. The van der Waals surface area contributed by atoms with Gasteiger partial charge in [-0.1, -0.05) is 27.7 Å². The molecule has 0 bridgehead atoms. The van der Waals surface area contributed by atoms with E-state index >= 15 is 0 Å². The molecule has 2 atom stereocenters. The fraction of sp³-hybridized carbons (Fsp3) is 0.667. The van der Waals surface area contributed by atoms with Gasteiger partial charge in [-0.15, -0.1) is 0 Å². The fourth-order valence-corrected chi connectivity index (χ4v) is 2.26. The predicted molar refractivity (Wildman–Crippen MR) is 75.5 cm³/mol. The van der Waals surface area contributed by atoms with Crippen molar-refractivity contribution in [1.82, 2.24) is 10.3 Å². The van der Waals surface area contributed by atoms with Crippen LogP contribution in [0.2, 0.25) is 0 Å². The SMILES string of the molecule is CCNC(c1ccncc1F)C(OCC)C(C)(C)C. The maximum absolute atomic E-state index is 14.0. The van der Waals surface area contributed by atoms with Gasteiger partial charge in [0.15, 0.2) is 0 Å². The molecule has 0 fully saturated rings. The zero-order chi connectivity index (χ0) is 14.5. The van der Waals surface area contributed by atoms with Gasteiger partial charge in [-0.25, -0.2) is 4.39 Å². The van der Waals surface area contributed by atoms with Gasteiger partial charge in [0.2, 0.25) is 0 Å². The van der Waals surface area contributed by atoms with E-state index in [9.17, 15) is 4.39 Å². The van der Waals surface area contributed by atoms with Gasteiger partial charge in [-0.05, 0) is 24.9 Å². The molecule has 0 saturated carbocycles. The molecule has 1 N–H and O–H groups in total. The molecule has 4 heteroatoms. The Kier molecular flexibility index (Phi) is 5.88. The largest absolute Gasteiger partial charge is 0.376 e. The van der Waals surface area contributed by atoms with Crippen LogP contribution in [0, 0.1) is 11.2 Å². The smallest absolute Gasteiger partial charge is 0.146 e. The van der Waals surface area contributed by atoms with Crippen LogP contribution < -0.4 is 5.32 Å². The van der Waals surface area contributed by atoms with Crippen LogP contribution in [0.25, 0.3) is 0 Å². The number of rotatable bonds is 6. The molecule has 1 aromatic rings. The standard InChI is InChI=1S/C15H25FN2O/c1-6-18-13(11-8-9-17-10-12(11)16)14(19-7-2)15(3,4)5/h8-10,13-14,18H,6-7H2,1-5H3. The average Bonchev–Trinajstić information content (AvgIpc) is 2.33. The number of aromatic nitrogens is 1. The zero-order valence-corrected chi connectivity index (χ0v) is 12.5. The summed E-state index contributed by atoms with van der Waals surface area (Å²) in [6, 6.07) is 1.55. The number of halogens is 1. The molecule has 3 nitrogen and oxygen atoms in total. The van der Waals surface area contributed by atoms with Crippen LogP contribution in [0.4, 0.5) is 4.39 Å². The minimum Gasteiger partial charge on any atom is -0.376 e. The zero-order valence-electron chi connectivity index (χ0n) is 12.5. The van der Waals surface area contributed by atoms with Crippen molar-refractivity contribution < 1.29 is 9.13 Å². The molecule has 0 saturated heterocycles. The second-order valence-corrected chi connectivity index (χ2v) is 5.67. The van der Waals surface area contributed by atoms with E-state index in [1.165, 1.54) is 6.20 Å². The normalized spacial score (nSPS) is 15.3. The lowest BCUT2D eigenvalue weighted by Crippen LogP contribution is -2.42. The molecular weight excluding hydrogens is 243 g/mol. The van der Waals surface area contributed by atoms with Gasteiger partial charge in [0.05, 0.1) is 18.3 Å². The van der Waals surface area contributed by atoms with Gasteiger partial charge in [0.25, 0.3) is 0 Å². The number of hydrogen-bond acceptors (Lipinski definition) is 3. The number of likely N-dealkylation sites (N-methyl/N-ethyl adjacent to an activating group) is 1. The molecule has 0 aliphatic carbocycles. The molecule has 1 rings (SSSR count). The summed E-state index contributed by atoms with van der Waals surface area (Å²) in [7, 11) is 0. The van der Waals surface area contributed by atoms with Crippen LogP contribution in [0.3, 0.4) is 0 Å². The van der Waals surface area contributed by atoms with Crippen LogP contribution in [-0.2, 0) is 4.74 Å². The molecule has 0 amide bonds. The summed E-state index contributed by atoms with van der Waals surface area (Å²) in [5, 5.41) is 3.34. The van der Waals surface area contributed by atoms with E-state index in [1.807, 2.05) is 13.8 Å². The van der Waals surface area contributed by atoms with Gasteiger partial charge in [-0.2, -0.15) is 0 Å². The molecule has 0 spiro atoms. The van der Waals surface area contributed by atoms with Crippen LogP contribution in [0.15, 0.2) is 18.5 Å². The number of hydrogen-bond donors (Lipinski definition) is 1. The first-order chi connectivity index (χ1) is 8.91. The summed E-state index contributed by atoms with van der Waals surface area (Å²) in [6.07, 6.45) is 2.77. The minimum absolute atomic E-state index is 0.0848. The number of nitrogens with zero attached hydrogens (tertiary/aromatic N) is 1. The van der Waals surface area contributed by atoms with Gasteiger partial charge in [0, 0.05) is 18.4 Å². The van der Waals surface area contributed by atoms with Crippen molar-refractivity contribution in [3.63, 3.8) is 0 Å². The lowest BCUT2D eigenvalue weighted by atomic mass is 9.82. The van der Waals surface area contributed by atoms with Crippen molar-refractivity contribution >= 4 is 0 Å². The first-order valence-corrected chi connectivity index (χ1v) is 6.86. The minimum atomic E-state index is -0.289. The van der Waals surface area contributed by atoms with Crippen molar-refractivity contribution in [2.45, 2.75) is 46.8 Å². The molecule has 2 unspecified atom stereocenters. The van der Waals surface area contributed by atoms with E-state index in [0.717, 1.165) is 6.54 Å². The third-order valence-electron chi connectivity index (χ3n) is 3.07. The van der Waals surface area contributed by atoms with Crippen molar-refractivity contribution in [3.05, 3.63) is 29.8 Å². The summed E-state index contributed by atoms with van der Waals surface area (Å²) < 4.78 is 19.9. The molecule has 0 aliphatic rings. The Morgan fingerprint density at radius 3 is 2.53 bits per heavy atom. The Labute approximate surface area is 115 Å². The van der Waals surface area contributed by atoms with Gasteiger partial charge < -0.3 is 10.1 Å². The van der Waals surface area contributed by atoms with E-state index in [-0.39, 0.29) is 23.4 Å². The second-order valence-electron chi connectivity index (χ2n) is 5.67. The van der Waals surface area contributed by atoms with Crippen molar-refractivity contribution in [1.29, 1.82) is 0 Å². The Balaban J connectivity index is 3.14. The quantitative estimate of drug-likeness (QED) is 0.859. The van der Waals surface area contributed by atoms with Crippen molar-refractivity contribution in [2.75, 3.05) is 13.2 Å². The second kappa shape index (κ2) is 6.96. The van der Waals surface area contributed by atoms with Crippen molar-refractivity contribution in [3.8, 4) is 0 Å².